The van der Waals surface area contributed by atoms with E-state index >= 15 is 0 Å². The minimum absolute atomic E-state index is 0.0674. The van der Waals surface area contributed by atoms with Crippen molar-refractivity contribution in [1.82, 2.24) is 9.80 Å². The van der Waals surface area contributed by atoms with Gasteiger partial charge in [-0.2, -0.15) is 0 Å². The van der Waals surface area contributed by atoms with Crippen LogP contribution in [0, 0.1) is 11.6 Å². The highest BCUT2D eigenvalue weighted by atomic mass is 19.1. The number of rotatable bonds is 6. The van der Waals surface area contributed by atoms with Crippen molar-refractivity contribution in [1.29, 1.82) is 0 Å². The van der Waals surface area contributed by atoms with Gasteiger partial charge in [-0.1, -0.05) is 13.0 Å². The molecule has 0 aliphatic carbocycles. The predicted molar refractivity (Wildman–Crippen MR) is 79.7 cm³/mol. The second kappa shape index (κ2) is 7.65. The van der Waals surface area contributed by atoms with Crippen molar-refractivity contribution in [3.05, 3.63) is 35.4 Å². The standard InChI is InChI=1S/C16H22F2N2O2/c1-2-15(13-4-3-12(17)11-14(13)18)20-9-7-19(8-10-20)6-5-16(21)22/h3-4,11,15H,2,5-10H2,1H3,(H,21,22)/t15-/m0/s1. The number of nitrogens with zero attached hydrogens (tertiary/aromatic N) is 2. The summed E-state index contributed by atoms with van der Waals surface area (Å²) in [7, 11) is 0. The van der Waals surface area contributed by atoms with Crippen molar-refractivity contribution >= 4 is 5.97 Å². The lowest BCUT2D eigenvalue weighted by atomic mass is 10.0. The Morgan fingerprint density at radius 1 is 1.27 bits per heavy atom. The van der Waals surface area contributed by atoms with Crippen molar-refractivity contribution in [2.45, 2.75) is 25.8 Å². The average molecular weight is 312 g/mol. The molecule has 4 nitrogen and oxygen atoms in total. The summed E-state index contributed by atoms with van der Waals surface area (Å²) in [5.74, 6) is -1.85. The van der Waals surface area contributed by atoms with Gasteiger partial charge >= 0.3 is 5.97 Å². The Labute approximate surface area is 129 Å². The van der Waals surface area contributed by atoms with Gasteiger partial charge in [-0.3, -0.25) is 9.69 Å². The molecular weight excluding hydrogens is 290 g/mol. The van der Waals surface area contributed by atoms with Crippen molar-refractivity contribution < 1.29 is 18.7 Å². The van der Waals surface area contributed by atoms with E-state index < -0.39 is 17.6 Å². The molecule has 0 aromatic heterocycles. The summed E-state index contributed by atoms with van der Waals surface area (Å²) in [6, 6.07) is 3.68. The zero-order valence-corrected chi connectivity index (χ0v) is 12.8. The number of hydrogen-bond donors (Lipinski definition) is 1. The first-order valence-corrected chi connectivity index (χ1v) is 7.64. The van der Waals surface area contributed by atoms with Crippen LogP contribution in [0.1, 0.15) is 31.4 Å². The normalized spacial score (nSPS) is 18.3. The fourth-order valence-corrected chi connectivity index (χ4v) is 3.00. The number of hydrogen-bond acceptors (Lipinski definition) is 3. The van der Waals surface area contributed by atoms with Gasteiger partial charge in [0.2, 0.25) is 0 Å². The second-order valence-corrected chi connectivity index (χ2v) is 5.61. The highest BCUT2D eigenvalue weighted by molar-refractivity contribution is 5.66. The third-order valence-electron chi connectivity index (χ3n) is 4.20. The molecule has 1 aliphatic heterocycles. The lowest BCUT2D eigenvalue weighted by molar-refractivity contribution is -0.137. The molecule has 0 radical (unpaired) electrons. The Bertz CT molecular complexity index is 517. The first kappa shape index (κ1) is 16.8. The number of piperazine rings is 1. The summed E-state index contributed by atoms with van der Waals surface area (Å²) in [4.78, 5) is 14.9. The Morgan fingerprint density at radius 2 is 1.95 bits per heavy atom. The minimum Gasteiger partial charge on any atom is -0.481 e. The highest BCUT2D eigenvalue weighted by Gasteiger charge is 2.26. The van der Waals surface area contributed by atoms with E-state index in [9.17, 15) is 13.6 Å². The molecule has 1 atom stereocenters. The molecule has 22 heavy (non-hydrogen) atoms. The summed E-state index contributed by atoms with van der Waals surface area (Å²) >= 11 is 0. The fraction of sp³-hybridized carbons (Fsp3) is 0.562. The lowest BCUT2D eigenvalue weighted by Gasteiger charge is -2.39. The van der Waals surface area contributed by atoms with Gasteiger partial charge in [0.25, 0.3) is 0 Å². The number of aliphatic carboxylic acids is 1. The molecule has 0 bridgehead atoms. The third-order valence-corrected chi connectivity index (χ3v) is 4.20. The van der Waals surface area contributed by atoms with Crippen LogP contribution in [0.5, 0.6) is 0 Å². The highest BCUT2D eigenvalue weighted by Crippen LogP contribution is 2.27. The van der Waals surface area contributed by atoms with Crippen LogP contribution in [0.2, 0.25) is 0 Å². The Morgan fingerprint density at radius 3 is 2.50 bits per heavy atom. The third kappa shape index (κ3) is 4.24. The Balaban J connectivity index is 1.97. The van der Waals surface area contributed by atoms with Crippen LogP contribution in [-0.4, -0.2) is 53.6 Å². The van der Waals surface area contributed by atoms with E-state index in [4.69, 9.17) is 5.11 Å². The fourth-order valence-electron chi connectivity index (χ4n) is 3.00. The predicted octanol–water partition coefficient (Wildman–Crippen LogP) is 2.51. The average Bonchev–Trinajstić information content (AvgIpc) is 2.49. The largest absolute Gasteiger partial charge is 0.481 e. The van der Waals surface area contributed by atoms with Gasteiger partial charge < -0.3 is 10.0 Å². The molecule has 1 fully saturated rings. The molecule has 1 saturated heterocycles. The van der Waals surface area contributed by atoms with E-state index in [0.717, 1.165) is 38.7 Å². The molecule has 1 heterocycles. The van der Waals surface area contributed by atoms with E-state index in [-0.39, 0.29) is 12.5 Å². The summed E-state index contributed by atoms with van der Waals surface area (Å²) in [6.45, 7) is 5.60. The van der Waals surface area contributed by atoms with Gasteiger partial charge in [-0.15, -0.1) is 0 Å². The zero-order chi connectivity index (χ0) is 16.1. The van der Waals surface area contributed by atoms with Crippen LogP contribution in [-0.2, 0) is 4.79 Å². The number of benzene rings is 1. The molecule has 1 aromatic carbocycles. The number of halogens is 2. The summed E-state index contributed by atoms with van der Waals surface area (Å²) in [5, 5.41) is 8.71. The first-order chi connectivity index (χ1) is 10.5. The SMILES string of the molecule is CC[C@@H](c1ccc(F)cc1F)N1CCN(CCC(=O)O)CC1. The van der Waals surface area contributed by atoms with Crippen LogP contribution in [0.3, 0.4) is 0 Å². The molecule has 1 N–H and O–H groups in total. The van der Waals surface area contributed by atoms with E-state index in [1.165, 1.54) is 12.1 Å². The van der Waals surface area contributed by atoms with Gasteiger partial charge in [0.1, 0.15) is 11.6 Å². The molecular formula is C16H22F2N2O2. The molecule has 0 unspecified atom stereocenters. The van der Waals surface area contributed by atoms with Crippen LogP contribution < -0.4 is 0 Å². The monoisotopic (exact) mass is 312 g/mol. The van der Waals surface area contributed by atoms with Crippen LogP contribution in [0.4, 0.5) is 8.78 Å². The molecule has 0 saturated carbocycles. The maximum atomic E-state index is 14.0. The lowest BCUT2D eigenvalue weighted by Crippen LogP contribution is -2.48. The van der Waals surface area contributed by atoms with Gasteiger partial charge in [0, 0.05) is 50.4 Å². The first-order valence-electron chi connectivity index (χ1n) is 7.64. The van der Waals surface area contributed by atoms with Gasteiger partial charge in [-0.25, -0.2) is 8.78 Å². The number of carbonyl (C=O) groups is 1. The summed E-state index contributed by atoms with van der Waals surface area (Å²) in [6.07, 6.45) is 0.890. The molecule has 2 rings (SSSR count). The van der Waals surface area contributed by atoms with Crippen LogP contribution in [0.25, 0.3) is 0 Å². The topological polar surface area (TPSA) is 43.8 Å². The van der Waals surface area contributed by atoms with E-state index in [2.05, 4.69) is 9.80 Å². The molecule has 1 aromatic rings. The van der Waals surface area contributed by atoms with E-state index in [1.54, 1.807) is 0 Å². The van der Waals surface area contributed by atoms with E-state index in [0.29, 0.717) is 12.1 Å². The molecule has 0 amide bonds. The maximum Gasteiger partial charge on any atom is 0.304 e. The smallest absolute Gasteiger partial charge is 0.304 e. The Hall–Kier alpha value is -1.53. The van der Waals surface area contributed by atoms with Crippen molar-refractivity contribution in [3.63, 3.8) is 0 Å². The number of carboxylic acids is 1. The van der Waals surface area contributed by atoms with Gasteiger partial charge in [0.15, 0.2) is 0 Å². The quantitative estimate of drug-likeness (QED) is 0.876. The van der Waals surface area contributed by atoms with Crippen LogP contribution >= 0.6 is 0 Å². The summed E-state index contributed by atoms with van der Waals surface area (Å²) in [5.41, 5.74) is 0.530. The van der Waals surface area contributed by atoms with Crippen molar-refractivity contribution in [3.8, 4) is 0 Å². The molecule has 122 valence electrons. The minimum atomic E-state index is -0.790. The van der Waals surface area contributed by atoms with Crippen molar-refractivity contribution in [2.75, 3.05) is 32.7 Å². The van der Waals surface area contributed by atoms with Crippen LogP contribution in [0.15, 0.2) is 18.2 Å². The molecule has 0 spiro atoms. The zero-order valence-electron chi connectivity index (χ0n) is 12.8. The van der Waals surface area contributed by atoms with Crippen molar-refractivity contribution in [2.24, 2.45) is 0 Å². The second-order valence-electron chi connectivity index (χ2n) is 5.61. The Kier molecular flexibility index (Phi) is 5.85. The molecule has 1 aliphatic rings. The summed E-state index contributed by atoms with van der Waals surface area (Å²) < 4.78 is 27.0. The maximum absolute atomic E-state index is 14.0. The van der Waals surface area contributed by atoms with Gasteiger partial charge in [0.05, 0.1) is 6.42 Å². The molecule has 6 heteroatoms. The van der Waals surface area contributed by atoms with E-state index in [1.807, 2.05) is 6.92 Å². The van der Waals surface area contributed by atoms with Gasteiger partial charge in [-0.05, 0) is 12.5 Å². The number of carboxylic acid groups (broad SMARTS) is 1.